The molecule has 0 spiro atoms. The summed E-state index contributed by atoms with van der Waals surface area (Å²) in [6.07, 6.45) is 1.02. The van der Waals surface area contributed by atoms with E-state index in [0.29, 0.717) is 30.8 Å². The molecule has 0 saturated carbocycles. The molecule has 0 unspecified atom stereocenters. The van der Waals surface area contributed by atoms with Crippen LogP contribution in [0.15, 0.2) is 41.3 Å². The van der Waals surface area contributed by atoms with Gasteiger partial charge in [-0.15, -0.1) is 0 Å². The lowest BCUT2D eigenvalue weighted by Crippen LogP contribution is -2.43. The van der Waals surface area contributed by atoms with Crippen molar-refractivity contribution < 1.29 is 17.9 Å². The van der Waals surface area contributed by atoms with Crippen molar-refractivity contribution in [3.63, 3.8) is 0 Å². The molecule has 7 heteroatoms. The van der Waals surface area contributed by atoms with Crippen molar-refractivity contribution >= 4 is 15.9 Å². The average Bonchev–Trinajstić information content (AvgIpc) is 2.72. The topological polar surface area (TPSA) is 75.7 Å². The Morgan fingerprint density at radius 1 is 1.10 bits per heavy atom. The number of piperidine rings is 1. The molecule has 1 saturated heterocycles. The summed E-state index contributed by atoms with van der Waals surface area (Å²) in [5.74, 6) is 0.488. The van der Waals surface area contributed by atoms with E-state index in [1.807, 2.05) is 64.1 Å². The zero-order chi connectivity index (χ0) is 22.8. The zero-order valence-electron chi connectivity index (χ0n) is 18.9. The summed E-state index contributed by atoms with van der Waals surface area (Å²) in [7, 11) is -1.97. The first kappa shape index (κ1) is 23.3. The Labute approximate surface area is 185 Å². The number of carbonyl (C=O) groups is 1. The highest BCUT2D eigenvalue weighted by atomic mass is 32.2. The fraction of sp³-hybridized carbons (Fsp3) is 0.458. The molecule has 3 rings (SSSR count). The summed E-state index contributed by atoms with van der Waals surface area (Å²) >= 11 is 0. The van der Waals surface area contributed by atoms with E-state index >= 15 is 0 Å². The molecule has 1 aliphatic rings. The lowest BCUT2D eigenvalue weighted by Gasteiger charge is -2.32. The number of hydrogen-bond acceptors (Lipinski definition) is 4. The van der Waals surface area contributed by atoms with Gasteiger partial charge in [-0.05, 0) is 57.7 Å². The molecule has 1 atom stereocenters. The van der Waals surface area contributed by atoms with Gasteiger partial charge in [0, 0.05) is 24.6 Å². The molecule has 168 valence electrons. The Morgan fingerprint density at radius 3 is 2.26 bits per heavy atom. The molecule has 1 N–H and O–H groups in total. The molecule has 31 heavy (non-hydrogen) atoms. The van der Waals surface area contributed by atoms with Crippen molar-refractivity contribution in [2.45, 2.75) is 51.5 Å². The maximum absolute atomic E-state index is 13.3. The first-order valence-corrected chi connectivity index (χ1v) is 12.1. The van der Waals surface area contributed by atoms with Crippen molar-refractivity contribution in [1.82, 2.24) is 9.62 Å². The fourth-order valence-electron chi connectivity index (χ4n) is 4.49. The Bertz CT molecular complexity index is 1030. The minimum atomic E-state index is -3.58. The number of ether oxygens (including phenoxy) is 1. The predicted molar refractivity (Wildman–Crippen MR) is 122 cm³/mol. The number of hydrogen-bond donors (Lipinski definition) is 1. The number of sulfonamides is 1. The number of carbonyl (C=O) groups excluding carboxylic acids is 1. The molecule has 1 heterocycles. The molecule has 0 aliphatic carbocycles. The molecule has 1 amide bonds. The number of nitrogens with one attached hydrogen (secondary N) is 1. The monoisotopic (exact) mass is 444 g/mol. The number of amides is 1. The van der Waals surface area contributed by atoms with Crippen LogP contribution < -0.4 is 10.1 Å². The van der Waals surface area contributed by atoms with Gasteiger partial charge in [0.05, 0.1) is 18.0 Å². The van der Waals surface area contributed by atoms with Crippen LogP contribution in [0, 0.1) is 26.7 Å². The van der Waals surface area contributed by atoms with E-state index in [-0.39, 0.29) is 17.9 Å². The third kappa shape index (κ3) is 4.93. The predicted octanol–water partition coefficient (Wildman–Crippen LogP) is 3.90. The van der Waals surface area contributed by atoms with Crippen molar-refractivity contribution in [3.8, 4) is 5.75 Å². The summed E-state index contributed by atoms with van der Waals surface area (Å²) in [6.45, 7) is 8.26. The first-order chi connectivity index (χ1) is 14.6. The smallest absolute Gasteiger partial charge is 0.243 e. The Hall–Kier alpha value is -2.38. The third-order valence-corrected chi connectivity index (χ3v) is 8.20. The largest absolute Gasteiger partial charge is 0.496 e. The van der Waals surface area contributed by atoms with Crippen LogP contribution >= 0.6 is 0 Å². The minimum Gasteiger partial charge on any atom is -0.496 e. The molecule has 1 aliphatic heterocycles. The summed E-state index contributed by atoms with van der Waals surface area (Å²) < 4.78 is 33.4. The van der Waals surface area contributed by atoms with E-state index in [9.17, 15) is 13.2 Å². The number of aryl methyl sites for hydroxylation is 3. The Morgan fingerprint density at radius 2 is 1.68 bits per heavy atom. The van der Waals surface area contributed by atoms with Gasteiger partial charge in [-0.1, -0.05) is 35.9 Å². The van der Waals surface area contributed by atoms with Gasteiger partial charge in [0.1, 0.15) is 5.75 Å². The standard InChI is InChI=1S/C24H32N2O4S/c1-16-14-17(2)23(18(3)15-16)31(28,29)26-12-10-20(11-13-26)24(27)25-19(4)21-8-6-7-9-22(21)30-5/h6-9,14-15,19-20H,10-13H2,1-5H3,(H,25,27)/t19-/m0/s1. The van der Waals surface area contributed by atoms with E-state index in [1.54, 1.807) is 7.11 Å². The molecular weight excluding hydrogens is 412 g/mol. The number of benzene rings is 2. The quantitative estimate of drug-likeness (QED) is 0.733. The highest BCUT2D eigenvalue weighted by molar-refractivity contribution is 7.89. The number of para-hydroxylation sites is 1. The van der Waals surface area contributed by atoms with Gasteiger partial charge in [0.2, 0.25) is 15.9 Å². The maximum atomic E-state index is 13.3. The summed E-state index contributed by atoms with van der Waals surface area (Å²) in [5, 5.41) is 3.06. The van der Waals surface area contributed by atoms with Crippen molar-refractivity contribution in [2.24, 2.45) is 5.92 Å². The van der Waals surface area contributed by atoms with Crippen molar-refractivity contribution in [1.29, 1.82) is 0 Å². The lowest BCUT2D eigenvalue weighted by atomic mass is 9.96. The Balaban J connectivity index is 1.66. The van der Waals surface area contributed by atoms with Gasteiger partial charge in [-0.2, -0.15) is 4.31 Å². The number of methoxy groups -OCH3 is 1. The number of nitrogens with zero attached hydrogens (tertiary/aromatic N) is 1. The molecule has 0 bridgehead atoms. The second kappa shape index (κ2) is 9.40. The van der Waals surface area contributed by atoms with Gasteiger partial charge in [0.15, 0.2) is 0 Å². The van der Waals surface area contributed by atoms with E-state index in [0.717, 1.165) is 28.0 Å². The van der Waals surface area contributed by atoms with Crippen LogP contribution in [0.25, 0.3) is 0 Å². The SMILES string of the molecule is COc1ccccc1[C@H](C)NC(=O)C1CCN(S(=O)(=O)c2c(C)cc(C)cc2C)CC1. The first-order valence-electron chi connectivity index (χ1n) is 10.7. The molecule has 2 aromatic rings. The summed E-state index contributed by atoms with van der Waals surface area (Å²) in [6, 6.07) is 11.2. The van der Waals surface area contributed by atoms with Crippen LogP contribution in [0.1, 0.15) is 48.1 Å². The fourth-order valence-corrected chi connectivity index (χ4v) is 6.38. The lowest BCUT2D eigenvalue weighted by molar-refractivity contribution is -0.126. The normalized spacial score (nSPS) is 16.7. The highest BCUT2D eigenvalue weighted by Crippen LogP contribution is 2.30. The van der Waals surface area contributed by atoms with Crippen molar-refractivity contribution in [3.05, 3.63) is 58.7 Å². The number of rotatable bonds is 6. The van der Waals surface area contributed by atoms with E-state index < -0.39 is 10.0 Å². The molecule has 6 nitrogen and oxygen atoms in total. The van der Waals surface area contributed by atoms with Crippen LogP contribution in [-0.4, -0.2) is 38.8 Å². The van der Waals surface area contributed by atoms with E-state index in [4.69, 9.17) is 4.74 Å². The average molecular weight is 445 g/mol. The molecule has 2 aromatic carbocycles. The molecule has 1 fully saturated rings. The summed E-state index contributed by atoms with van der Waals surface area (Å²) in [4.78, 5) is 13.2. The van der Waals surface area contributed by atoms with Crippen LogP contribution in [0.5, 0.6) is 5.75 Å². The molecule has 0 radical (unpaired) electrons. The molecule has 0 aromatic heterocycles. The van der Waals surface area contributed by atoms with Crippen LogP contribution in [0.3, 0.4) is 0 Å². The van der Waals surface area contributed by atoms with Crippen molar-refractivity contribution in [2.75, 3.05) is 20.2 Å². The van der Waals surface area contributed by atoms with Gasteiger partial charge in [-0.25, -0.2) is 8.42 Å². The third-order valence-electron chi connectivity index (χ3n) is 5.99. The van der Waals surface area contributed by atoms with Gasteiger partial charge in [-0.3, -0.25) is 4.79 Å². The Kier molecular flexibility index (Phi) is 7.06. The van der Waals surface area contributed by atoms with Gasteiger partial charge in [0.25, 0.3) is 0 Å². The van der Waals surface area contributed by atoms with Gasteiger partial charge < -0.3 is 10.1 Å². The van der Waals surface area contributed by atoms with Crippen LogP contribution in [0.4, 0.5) is 0 Å². The van der Waals surface area contributed by atoms with Crippen LogP contribution in [-0.2, 0) is 14.8 Å². The van der Waals surface area contributed by atoms with E-state index in [2.05, 4.69) is 5.32 Å². The van der Waals surface area contributed by atoms with Crippen LogP contribution in [0.2, 0.25) is 0 Å². The second-order valence-electron chi connectivity index (χ2n) is 8.38. The minimum absolute atomic E-state index is 0.0434. The molecular formula is C24H32N2O4S. The van der Waals surface area contributed by atoms with Gasteiger partial charge >= 0.3 is 0 Å². The maximum Gasteiger partial charge on any atom is 0.243 e. The highest BCUT2D eigenvalue weighted by Gasteiger charge is 2.34. The summed E-state index contributed by atoms with van der Waals surface area (Å²) in [5.41, 5.74) is 3.50. The zero-order valence-corrected chi connectivity index (χ0v) is 19.8. The van der Waals surface area contributed by atoms with E-state index in [1.165, 1.54) is 4.31 Å². The second-order valence-corrected chi connectivity index (χ2v) is 10.3.